The number of benzene rings is 3. The molecule has 1 amide bonds. The number of carbonyl (C=O) groups is 2. The molecule has 0 radical (unpaired) electrons. The maximum atomic E-state index is 13.2. The molecular weight excluding hydrogens is 458 g/mol. The van der Waals surface area contributed by atoms with Gasteiger partial charge in [0, 0.05) is 41.3 Å². The van der Waals surface area contributed by atoms with Crippen LogP contribution in [0.2, 0.25) is 0 Å². The number of nitro groups is 1. The standard InChI is InChI=1S/C28H23N3O5/c1-17-9-11-18(12-10-17)26(32)24-25(19-5-4-6-21(15-19)31(35)36)30(28(34)27(24)33)14-13-20-16-29-23-8-3-2-7-22(20)23/h2-12,15-16,25,29,32H,13-14H2,1H3/b26-24-. The van der Waals surface area contributed by atoms with Crippen molar-refractivity contribution in [3.63, 3.8) is 0 Å². The molecule has 1 aromatic heterocycles. The van der Waals surface area contributed by atoms with E-state index in [1.54, 1.807) is 30.3 Å². The number of amides is 1. The summed E-state index contributed by atoms with van der Waals surface area (Å²) >= 11 is 0. The summed E-state index contributed by atoms with van der Waals surface area (Å²) in [7, 11) is 0. The maximum absolute atomic E-state index is 13.2. The molecule has 5 rings (SSSR count). The Kier molecular flexibility index (Phi) is 5.85. The van der Waals surface area contributed by atoms with Crippen molar-refractivity contribution in [2.45, 2.75) is 19.4 Å². The third-order valence-electron chi connectivity index (χ3n) is 6.56. The van der Waals surface area contributed by atoms with Gasteiger partial charge in [0.05, 0.1) is 16.5 Å². The SMILES string of the molecule is Cc1ccc(/C(O)=C2/C(=O)C(=O)N(CCc3c[nH]c4ccccc34)C2c2cccc([N+](=O)[O-])c2)cc1. The van der Waals surface area contributed by atoms with E-state index < -0.39 is 22.7 Å². The molecule has 8 heteroatoms. The minimum absolute atomic E-state index is 0.0803. The number of carbonyl (C=O) groups excluding carboxylic acids is 2. The second kappa shape index (κ2) is 9.14. The van der Waals surface area contributed by atoms with Crippen molar-refractivity contribution >= 4 is 34.0 Å². The van der Waals surface area contributed by atoms with E-state index in [1.165, 1.54) is 23.1 Å². The number of nitro benzene ring substituents is 1. The number of Topliss-reactive ketones (excluding diaryl/α,β-unsaturated/α-hetero) is 1. The summed E-state index contributed by atoms with van der Waals surface area (Å²) < 4.78 is 0. The van der Waals surface area contributed by atoms with Crippen molar-refractivity contribution in [2.24, 2.45) is 0 Å². The molecule has 1 fully saturated rings. The Morgan fingerprint density at radius 1 is 1.06 bits per heavy atom. The number of rotatable bonds is 6. The first kappa shape index (κ1) is 23.0. The van der Waals surface area contributed by atoms with Crippen LogP contribution in [0.3, 0.4) is 0 Å². The molecule has 2 N–H and O–H groups in total. The fourth-order valence-electron chi connectivity index (χ4n) is 4.71. The molecule has 0 saturated carbocycles. The highest BCUT2D eigenvalue weighted by Gasteiger charge is 2.46. The van der Waals surface area contributed by atoms with Crippen LogP contribution in [0.4, 0.5) is 5.69 Å². The summed E-state index contributed by atoms with van der Waals surface area (Å²) in [5.41, 5.74) is 3.45. The van der Waals surface area contributed by atoms with Crippen molar-refractivity contribution in [1.29, 1.82) is 0 Å². The van der Waals surface area contributed by atoms with Gasteiger partial charge in [-0.3, -0.25) is 19.7 Å². The van der Waals surface area contributed by atoms with E-state index in [-0.39, 0.29) is 23.6 Å². The number of aromatic nitrogens is 1. The summed E-state index contributed by atoms with van der Waals surface area (Å²) in [6.07, 6.45) is 2.32. The van der Waals surface area contributed by atoms with Gasteiger partial charge in [0.15, 0.2) is 0 Å². The highest BCUT2D eigenvalue weighted by Crippen LogP contribution is 2.40. The van der Waals surface area contributed by atoms with Gasteiger partial charge in [0.1, 0.15) is 5.76 Å². The number of non-ortho nitro benzene ring substituents is 1. The highest BCUT2D eigenvalue weighted by molar-refractivity contribution is 6.46. The quantitative estimate of drug-likeness (QED) is 0.131. The van der Waals surface area contributed by atoms with Crippen molar-refractivity contribution in [3.05, 3.63) is 117 Å². The van der Waals surface area contributed by atoms with Gasteiger partial charge in [-0.05, 0) is 30.5 Å². The molecule has 8 nitrogen and oxygen atoms in total. The Balaban J connectivity index is 1.59. The monoisotopic (exact) mass is 481 g/mol. The van der Waals surface area contributed by atoms with Gasteiger partial charge in [0.25, 0.3) is 17.4 Å². The number of hydrogen-bond acceptors (Lipinski definition) is 5. The van der Waals surface area contributed by atoms with Crippen LogP contribution >= 0.6 is 0 Å². The summed E-state index contributed by atoms with van der Waals surface area (Å²) in [6, 6.07) is 19.6. The van der Waals surface area contributed by atoms with Crippen LogP contribution in [-0.2, 0) is 16.0 Å². The lowest BCUT2D eigenvalue weighted by Crippen LogP contribution is -2.31. The van der Waals surface area contributed by atoms with Crippen molar-refractivity contribution in [2.75, 3.05) is 6.54 Å². The minimum Gasteiger partial charge on any atom is -0.507 e. The Labute approximate surface area is 206 Å². The van der Waals surface area contributed by atoms with Crippen LogP contribution in [0.1, 0.15) is 28.3 Å². The number of fused-ring (bicyclic) bond motifs is 1. The summed E-state index contributed by atoms with van der Waals surface area (Å²) in [5.74, 6) is -1.87. The van der Waals surface area contributed by atoms with Gasteiger partial charge in [0.2, 0.25) is 0 Å². The number of aromatic amines is 1. The second-order valence-electron chi connectivity index (χ2n) is 8.82. The minimum atomic E-state index is -0.962. The molecule has 1 unspecified atom stereocenters. The zero-order chi connectivity index (χ0) is 25.4. The van der Waals surface area contributed by atoms with E-state index in [2.05, 4.69) is 4.98 Å². The van der Waals surface area contributed by atoms with Crippen LogP contribution in [0, 0.1) is 17.0 Å². The average Bonchev–Trinajstić information content (AvgIpc) is 3.41. The molecule has 0 spiro atoms. The predicted molar refractivity (Wildman–Crippen MR) is 135 cm³/mol. The Morgan fingerprint density at radius 3 is 2.56 bits per heavy atom. The number of likely N-dealkylation sites (tertiary alicyclic amines) is 1. The first-order chi connectivity index (χ1) is 17.3. The molecule has 1 atom stereocenters. The van der Waals surface area contributed by atoms with E-state index in [0.717, 1.165) is 22.0 Å². The predicted octanol–water partition coefficient (Wildman–Crippen LogP) is 5.05. The van der Waals surface area contributed by atoms with Gasteiger partial charge in [-0.1, -0.05) is 60.2 Å². The number of nitrogens with zero attached hydrogens (tertiary/aromatic N) is 2. The number of ketones is 1. The third kappa shape index (κ3) is 4.02. The fraction of sp³-hybridized carbons (Fsp3) is 0.143. The van der Waals surface area contributed by atoms with Crippen LogP contribution in [0.25, 0.3) is 16.7 Å². The molecule has 1 aliphatic heterocycles. The molecule has 0 aliphatic carbocycles. The normalized spacial score (nSPS) is 17.1. The zero-order valence-electron chi connectivity index (χ0n) is 19.5. The number of aliphatic hydroxyl groups is 1. The van der Waals surface area contributed by atoms with Crippen LogP contribution < -0.4 is 0 Å². The van der Waals surface area contributed by atoms with Crippen molar-refractivity contribution in [1.82, 2.24) is 9.88 Å². The van der Waals surface area contributed by atoms with Gasteiger partial charge in [-0.15, -0.1) is 0 Å². The molecule has 2 heterocycles. The number of hydrogen-bond donors (Lipinski definition) is 2. The van der Waals surface area contributed by atoms with Gasteiger partial charge < -0.3 is 15.0 Å². The smallest absolute Gasteiger partial charge is 0.295 e. The lowest BCUT2D eigenvalue weighted by atomic mass is 9.94. The maximum Gasteiger partial charge on any atom is 0.295 e. The van der Waals surface area contributed by atoms with E-state index >= 15 is 0 Å². The van der Waals surface area contributed by atoms with E-state index in [9.17, 15) is 24.8 Å². The summed E-state index contributed by atoms with van der Waals surface area (Å²) in [5, 5.41) is 23.6. The van der Waals surface area contributed by atoms with E-state index in [0.29, 0.717) is 17.5 Å². The number of aryl methyl sites for hydroxylation is 1. The van der Waals surface area contributed by atoms with Crippen molar-refractivity contribution in [3.8, 4) is 0 Å². The largest absolute Gasteiger partial charge is 0.507 e. The van der Waals surface area contributed by atoms with Crippen LogP contribution in [0.15, 0.2) is 84.6 Å². The van der Waals surface area contributed by atoms with Gasteiger partial charge in [-0.25, -0.2) is 0 Å². The van der Waals surface area contributed by atoms with Gasteiger partial charge >= 0.3 is 0 Å². The molecule has 4 aromatic rings. The fourth-order valence-corrected chi connectivity index (χ4v) is 4.71. The van der Waals surface area contributed by atoms with Crippen LogP contribution in [-0.4, -0.2) is 38.1 Å². The topological polar surface area (TPSA) is 117 Å². The molecule has 36 heavy (non-hydrogen) atoms. The number of nitrogens with one attached hydrogen (secondary N) is 1. The lowest BCUT2D eigenvalue weighted by molar-refractivity contribution is -0.384. The molecular formula is C28H23N3O5. The van der Waals surface area contributed by atoms with Crippen molar-refractivity contribution < 1.29 is 19.6 Å². The molecule has 0 bridgehead atoms. The molecule has 1 saturated heterocycles. The Bertz CT molecular complexity index is 1530. The average molecular weight is 482 g/mol. The molecule has 3 aromatic carbocycles. The number of para-hydroxylation sites is 1. The Hall–Kier alpha value is -4.72. The highest BCUT2D eigenvalue weighted by atomic mass is 16.6. The van der Waals surface area contributed by atoms with E-state index in [1.807, 2.05) is 37.4 Å². The second-order valence-corrected chi connectivity index (χ2v) is 8.82. The third-order valence-corrected chi connectivity index (χ3v) is 6.56. The summed E-state index contributed by atoms with van der Waals surface area (Å²) in [6.45, 7) is 2.08. The lowest BCUT2D eigenvalue weighted by Gasteiger charge is -2.25. The summed E-state index contributed by atoms with van der Waals surface area (Å²) in [4.78, 5) is 42.0. The molecule has 180 valence electrons. The first-order valence-corrected chi connectivity index (χ1v) is 11.5. The number of aliphatic hydroxyl groups excluding tert-OH is 1. The van der Waals surface area contributed by atoms with E-state index in [4.69, 9.17) is 0 Å². The molecule has 1 aliphatic rings. The first-order valence-electron chi connectivity index (χ1n) is 11.5. The zero-order valence-corrected chi connectivity index (χ0v) is 19.5. The van der Waals surface area contributed by atoms with Gasteiger partial charge in [-0.2, -0.15) is 0 Å². The van der Waals surface area contributed by atoms with Crippen LogP contribution in [0.5, 0.6) is 0 Å². The number of H-pyrrole nitrogens is 1. The Morgan fingerprint density at radius 2 is 1.81 bits per heavy atom.